The van der Waals surface area contributed by atoms with E-state index in [1.165, 1.54) is 28.2 Å². The van der Waals surface area contributed by atoms with Crippen LogP contribution in [0.15, 0.2) is 24.8 Å². The number of hydrogen-bond donors (Lipinski definition) is 1. The van der Waals surface area contributed by atoms with Crippen LogP contribution in [0.3, 0.4) is 0 Å². The van der Waals surface area contributed by atoms with Crippen LogP contribution in [0.2, 0.25) is 0 Å². The molecule has 0 spiro atoms. The summed E-state index contributed by atoms with van der Waals surface area (Å²) in [5, 5.41) is 9.94. The van der Waals surface area contributed by atoms with Gasteiger partial charge in [0.2, 0.25) is 0 Å². The largest absolute Gasteiger partial charge is 0.444 e. The number of amides is 6. The van der Waals surface area contributed by atoms with Gasteiger partial charge in [-0.15, -0.1) is 0 Å². The lowest BCUT2D eigenvalue weighted by molar-refractivity contribution is 0.0164. The molecule has 0 aromatic carbocycles. The zero-order chi connectivity index (χ0) is 41.8. The van der Waals surface area contributed by atoms with E-state index in [4.69, 9.17) is 30.5 Å². The van der Waals surface area contributed by atoms with Gasteiger partial charge in [0.1, 0.15) is 11.2 Å². The maximum Gasteiger partial charge on any atom is 0.410 e. The summed E-state index contributed by atoms with van der Waals surface area (Å²) < 4.78 is 22.2. The summed E-state index contributed by atoms with van der Waals surface area (Å²) >= 11 is 5.34. The first-order valence-electron chi connectivity index (χ1n) is 18.9. The Balaban J connectivity index is 0.000000209. The second-order valence-electron chi connectivity index (χ2n) is 15.4. The molecule has 6 rings (SSSR count). The Morgan fingerprint density at radius 3 is 1.42 bits per heavy atom. The van der Waals surface area contributed by atoms with Crippen molar-refractivity contribution in [3.63, 3.8) is 0 Å². The zero-order valence-corrected chi connectivity index (χ0v) is 34.4. The van der Waals surface area contributed by atoms with Crippen molar-refractivity contribution in [3.05, 3.63) is 35.9 Å². The molecule has 0 saturated carbocycles. The molecule has 0 bridgehead atoms. The van der Waals surface area contributed by atoms with Crippen LogP contribution < -0.4 is 0 Å². The lowest BCUT2D eigenvalue weighted by atomic mass is 10.2. The van der Waals surface area contributed by atoms with Crippen molar-refractivity contribution in [1.29, 1.82) is 0 Å². The van der Waals surface area contributed by atoms with Gasteiger partial charge in [0.15, 0.2) is 0 Å². The molecule has 4 fully saturated rings. The van der Waals surface area contributed by atoms with Gasteiger partial charge in [0.25, 0.3) is 11.8 Å². The van der Waals surface area contributed by atoms with Crippen LogP contribution in [0.25, 0.3) is 0 Å². The molecule has 6 amide bonds. The molecule has 4 aliphatic rings. The Morgan fingerprint density at radius 2 is 1.02 bits per heavy atom. The minimum atomic E-state index is -0.553. The van der Waals surface area contributed by atoms with Crippen molar-refractivity contribution in [1.82, 2.24) is 49.4 Å². The van der Waals surface area contributed by atoms with E-state index in [1.807, 2.05) is 41.5 Å². The van der Waals surface area contributed by atoms with Crippen LogP contribution in [0.4, 0.5) is 19.2 Å². The van der Waals surface area contributed by atoms with Crippen molar-refractivity contribution in [2.45, 2.75) is 52.7 Å². The van der Waals surface area contributed by atoms with Crippen LogP contribution in [0.5, 0.6) is 0 Å². The molecule has 4 saturated heterocycles. The summed E-state index contributed by atoms with van der Waals surface area (Å²) in [5.74, 6) is -0.130. The number of ether oxygens (including phenoxy) is 4. The normalized spacial score (nSPS) is 17.7. The smallest absolute Gasteiger partial charge is 0.410 e. The topological polar surface area (TPSA) is 205 Å². The molecular formula is C36H55ClN10O10. The van der Waals surface area contributed by atoms with E-state index in [0.29, 0.717) is 116 Å². The van der Waals surface area contributed by atoms with Gasteiger partial charge in [0, 0.05) is 90.9 Å². The van der Waals surface area contributed by atoms with E-state index < -0.39 is 16.6 Å². The second-order valence-corrected chi connectivity index (χ2v) is 15.7. The second kappa shape index (κ2) is 20.5. The Kier molecular flexibility index (Phi) is 16.1. The van der Waals surface area contributed by atoms with Crippen molar-refractivity contribution in [2.24, 2.45) is 0 Å². The third-order valence-electron chi connectivity index (χ3n) is 8.75. The third kappa shape index (κ3) is 14.2. The number of H-pyrrole nitrogens is 1. The monoisotopic (exact) mass is 822 g/mol. The van der Waals surface area contributed by atoms with Crippen molar-refractivity contribution < 1.29 is 47.7 Å². The standard InChI is InChI=1S/C18H27N5O5.C10H17ClN2O3.C8H11N3O2/c1-18(2,3)28-17(26)22-6-4-21(5-7-22)16(25)23-13-14(12-19-23)15(24)20-8-10-27-11-9-20;1-10(2,3)16-9(15)13-6-4-12(5-7-13)8(11)14;12-8(7-5-9-10-6-7)11-1-3-13-4-2-11/h12-13H,4-11H2,1-3H3;4-7H2,1-3H3;5-6H,1-4H2,(H,9,10). The quantitative estimate of drug-likeness (QED) is 0.343. The predicted octanol–water partition coefficient (Wildman–Crippen LogP) is 2.66. The van der Waals surface area contributed by atoms with Crippen molar-refractivity contribution >= 4 is 47.0 Å². The van der Waals surface area contributed by atoms with E-state index in [9.17, 15) is 28.8 Å². The molecule has 57 heavy (non-hydrogen) atoms. The Labute approximate surface area is 337 Å². The Morgan fingerprint density at radius 1 is 0.596 bits per heavy atom. The number of piperazine rings is 2. The third-order valence-corrected chi connectivity index (χ3v) is 8.99. The summed E-state index contributed by atoms with van der Waals surface area (Å²) in [6, 6.07) is -0.315. The number of rotatable bonds is 2. The number of hydrogen-bond acceptors (Lipinski definition) is 12. The summed E-state index contributed by atoms with van der Waals surface area (Å²) in [7, 11) is 0. The van der Waals surface area contributed by atoms with Crippen LogP contribution in [0, 0.1) is 0 Å². The molecular weight excluding hydrogens is 768 g/mol. The zero-order valence-electron chi connectivity index (χ0n) is 33.6. The number of aromatic amines is 1. The molecule has 0 atom stereocenters. The Hall–Kier alpha value is -4.95. The van der Waals surface area contributed by atoms with Gasteiger partial charge in [0.05, 0.1) is 49.9 Å². The van der Waals surface area contributed by atoms with Crippen LogP contribution in [-0.4, -0.2) is 201 Å². The summed E-state index contributed by atoms with van der Waals surface area (Å²) in [6.45, 7) is 19.0. The Bertz CT molecular complexity index is 1650. The summed E-state index contributed by atoms with van der Waals surface area (Å²) in [5.41, 5.74) is -0.0523. The summed E-state index contributed by atoms with van der Waals surface area (Å²) in [6.07, 6.45) is 5.30. The van der Waals surface area contributed by atoms with Gasteiger partial charge < -0.3 is 48.3 Å². The average Bonchev–Trinajstić information content (AvgIpc) is 3.91. The molecule has 2 aromatic rings. The van der Waals surface area contributed by atoms with Gasteiger partial charge in [-0.25, -0.2) is 14.4 Å². The van der Waals surface area contributed by atoms with Crippen molar-refractivity contribution in [2.75, 3.05) is 105 Å². The molecule has 2 aromatic heterocycles. The van der Waals surface area contributed by atoms with Gasteiger partial charge >= 0.3 is 23.6 Å². The fourth-order valence-electron chi connectivity index (χ4n) is 5.75. The first-order chi connectivity index (χ1) is 26.9. The predicted molar refractivity (Wildman–Crippen MR) is 205 cm³/mol. The van der Waals surface area contributed by atoms with Crippen LogP contribution in [-0.2, 0) is 18.9 Å². The van der Waals surface area contributed by atoms with Crippen molar-refractivity contribution in [3.8, 4) is 0 Å². The number of nitrogens with one attached hydrogen (secondary N) is 1. The first-order valence-corrected chi connectivity index (χ1v) is 19.3. The molecule has 0 radical (unpaired) electrons. The first kappa shape index (κ1) is 44.8. The van der Waals surface area contributed by atoms with Gasteiger partial charge in [-0.2, -0.15) is 14.9 Å². The lowest BCUT2D eigenvalue weighted by Crippen LogP contribution is -2.52. The van der Waals surface area contributed by atoms with E-state index >= 15 is 0 Å². The minimum Gasteiger partial charge on any atom is -0.444 e. The maximum atomic E-state index is 12.7. The van der Waals surface area contributed by atoms with E-state index in [1.54, 1.807) is 30.7 Å². The highest BCUT2D eigenvalue weighted by molar-refractivity contribution is 6.62. The molecule has 4 aliphatic heterocycles. The maximum absolute atomic E-state index is 12.7. The summed E-state index contributed by atoms with van der Waals surface area (Å²) in [4.78, 5) is 81.2. The molecule has 1 N–H and O–H groups in total. The molecule has 0 unspecified atom stereocenters. The van der Waals surface area contributed by atoms with E-state index in [2.05, 4.69) is 15.3 Å². The number of halogens is 1. The van der Waals surface area contributed by atoms with E-state index in [-0.39, 0.29) is 30.0 Å². The van der Waals surface area contributed by atoms with E-state index in [0.717, 1.165) is 0 Å². The molecule has 20 nitrogen and oxygen atoms in total. The van der Waals surface area contributed by atoms with Gasteiger partial charge in [-0.3, -0.25) is 19.5 Å². The minimum absolute atomic E-state index is 0.0250. The fourth-order valence-corrected chi connectivity index (χ4v) is 5.92. The number of carbonyl (C=O) groups excluding carboxylic acids is 6. The van der Waals surface area contributed by atoms with Gasteiger partial charge in [-0.1, -0.05) is 0 Å². The average molecular weight is 823 g/mol. The fraction of sp³-hybridized carbons (Fsp3) is 0.667. The molecule has 316 valence electrons. The highest BCUT2D eigenvalue weighted by Crippen LogP contribution is 2.15. The SMILES string of the molecule is CC(C)(C)OC(=O)N1CCN(C(=O)Cl)CC1.CC(C)(C)OC(=O)N1CCN(C(=O)n2cc(C(=O)N3CCOCC3)cn2)CC1.O=C(c1cn[nH]c1)N1CCOCC1. The highest BCUT2D eigenvalue weighted by atomic mass is 35.5. The number of morpholine rings is 2. The molecule has 6 heterocycles. The lowest BCUT2D eigenvalue weighted by Gasteiger charge is -2.35. The molecule has 21 heteroatoms. The molecule has 0 aliphatic carbocycles. The number of carbonyl (C=O) groups is 6. The highest BCUT2D eigenvalue weighted by Gasteiger charge is 2.30. The number of nitrogens with zero attached hydrogens (tertiary/aromatic N) is 9. The number of aromatic nitrogens is 4. The van der Waals surface area contributed by atoms with Crippen LogP contribution >= 0.6 is 11.6 Å². The van der Waals surface area contributed by atoms with Crippen LogP contribution in [0.1, 0.15) is 62.3 Å². The van der Waals surface area contributed by atoms with Gasteiger partial charge in [-0.05, 0) is 53.1 Å².